The lowest BCUT2D eigenvalue weighted by molar-refractivity contribution is -0.386. The molecule has 0 fully saturated rings. The average molecular weight is 372 g/mol. The van der Waals surface area contributed by atoms with Gasteiger partial charge < -0.3 is 10.1 Å². The Labute approximate surface area is 142 Å². The van der Waals surface area contributed by atoms with E-state index in [-0.39, 0.29) is 18.0 Å². The third kappa shape index (κ3) is 4.63. The summed E-state index contributed by atoms with van der Waals surface area (Å²) in [6.45, 7) is -3.08. The molecule has 2 aromatic rings. The third-order valence-electron chi connectivity index (χ3n) is 3.24. The van der Waals surface area contributed by atoms with Gasteiger partial charge >= 0.3 is 12.3 Å². The first-order valence-electron chi connectivity index (χ1n) is 6.94. The first kappa shape index (κ1) is 18.6. The van der Waals surface area contributed by atoms with Crippen LogP contribution in [0.15, 0.2) is 47.4 Å². The van der Waals surface area contributed by atoms with Gasteiger partial charge in [-0.1, -0.05) is 24.3 Å². The molecule has 0 bridgehead atoms. The van der Waals surface area contributed by atoms with E-state index in [1.807, 2.05) is 0 Å². The van der Waals surface area contributed by atoms with Gasteiger partial charge in [0.05, 0.1) is 4.92 Å². The van der Waals surface area contributed by atoms with E-state index in [1.165, 1.54) is 30.3 Å². The highest BCUT2D eigenvalue weighted by Crippen LogP contribution is 2.32. The molecule has 25 heavy (non-hydrogen) atoms. The van der Waals surface area contributed by atoms with Crippen LogP contribution >= 0.6 is 0 Å². The van der Waals surface area contributed by atoms with Crippen LogP contribution in [0.4, 0.5) is 20.2 Å². The Morgan fingerprint density at radius 2 is 1.88 bits per heavy atom. The van der Waals surface area contributed by atoms with E-state index in [0.717, 1.165) is 12.3 Å². The van der Waals surface area contributed by atoms with Crippen molar-refractivity contribution in [2.24, 2.45) is 0 Å². The summed E-state index contributed by atoms with van der Waals surface area (Å²) in [7, 11) is -3.81. The van der Waals surface area contributed by atoms with Gasteiger partial charge in [0.2, 0.25) is 0 Å². The number of nitro benzene ring substituents is 1. The van der Waals surface area contributed by atoms with Crippen LogP contribution in [0, 0.1) is 10.1 Å². The van der Waals surface area contributed by atoms with Gasteiger partial charge in [-0.2, -0.15) is 8.78 Å². The Hall–Kier alpha value is -2.75. The topological polar surface area (TPSA) is 98.5 Å². The van der Waals surface area contributed by atoms with Crippen LogP contribution in [0.25, 0.3) is 0 Å². The average Bonchev–Trinajstić information content (AvgIpc) is 2.52. The van der Waals surface area contributed by atoms with Crippen LogP contribution in [0.1, 0.15) is 5.56 Å². The van der Waals surface area contributed by atoms with E-state index in [2.05, 4.69) is 10.1 Å². The molecule has 2 aromatic carbocycles. The standard InChI is InChI=1S/C15H14F2N2O5S/c1-25(22,23)13-8-4-6-11(14(13)19(20)21)18-9-10-5-2-3-7-12(10)24-15(16)17/h2-8,15,18H,9H2,1H3. The molecule has 0 aliphatic rings. The number of alkyl halides is 2. The SMILES string of the molecule is CS(=O)(=O)c1cccc(NCc2ccccc2OC(F)F)c1[N+](=O)[O-]. The Bertz CT molecular complexity index is 887. The molecule has 0 saturated carbocycles. The van der Waals surface area contributed by atoms with Gasteiger partial charge in [-0.15, -0.1) is 0 Å². The zero-order valence-electron chi connectivity index (χ0n) is 13.0. The lowest BCUT2D eigenvalue weighted by Gasteiger charge is -2.13. The number of rotatable bonds is 7. The number of hydrogen-bond donors (Lipinski definition) is 1. The van der Waals surface area contributed by atoms with Crippen LogP contribution in [0.5, 0.6) is 5.75 Å². The fourth-order valence-electron chi connectivity index (χ4n) is 2.20. The Morgan fingerprint density at radius 1 is 1.20 bits per heavy atom. The molecule has 0 spiro atoms. The Morgan fingerprint density at radius 3 is 2.48 bits per heavy atom. The van der Waals surface area contributed by atoms with E-state index >= 15 is 0 Å². The molecular formula is C15H14F2N2O5S. The van der Waals surface area contributed by atoms with E-state index in [4.69, 9.17) is 0 Å². The Balaban J connectivity index is 2.35. The molecule has 0 aliphatic carbocycles. The zero-order valence-corrected chi connectivity index (χ0v) is 13.8. The van der Waals surface area contributed by atoms with E-state index in [1.54, 1.807) is 6.07 Å². The molecule has 0 radical (unpaired) electrons. The number of nitrogens with one attached hydrogen (secondary N) is 1. The number of nitrogens with zero attached hydrogens (tertiary/aromatic N) is 1. The van der Waals surface area contributed by atoms with Crippen LogP contribution in [-0.2, 0) is 16.4 Å². The zero-order chi connectivity index (χ0) is 18.6. The van der Waals surface area contributed by atoms with Crippen molar-refractivity contribution in [2.75, 3.05) is 11.6 Å². The van der Waals surface area contributed by atoms with E-state index in [9.17, 15) is 27.3 Å². The Kier molecular flexibility index (Phi) is 5.52. The van der Waals surface area contributed by atoms with Gasteiger partial charge in [0.15, 0.2) is 9.84 Å². The number of halogens is 2. The van der Waals surface area contributed by atoms with Crippen molar-refractivity contribution in [1.29, 1.82) is 0 Å². The molecule has 0 aromatic heterocycles. The monoisotopic (exact) mass is 372 g/mol. The van der Waals surface area contributed by atoms with Crippen molar-refractivity contribution in [3.05, 3.63) is 58.1 Å². The maximum atomic E-state index is 12.4. The minimum atomic E-state index is -3.81. The highest BCUT2D eigenvalue weighted by Gasteiger charge is 2.26. The van der Waals surface area contributed by atoms with Crippen molar-refractivity contribution in [3.8, 4) is 5.75 Å². The molecule has 0 amide bonds. The van der Waals surface area contributed by atoms with Crippen LogP contribution in [0.3, 0.4) is 0 Å². The van der Waals surface area contributed by atoms with Crippen LogP contribution < -0.4 is 10.1 Å². The molecule has 0 atom stereocenters. The van der Waals surface area contributed by atoms with Crippen molar-refractivity contribution < 1.29 is 26.9 Å². The van der Waals surface area contributed by atoms with Gasteiger partial charge in [-0.25, -0.2) is 8.42 Å². The first-order valence-corrected chi connectivity index (χ1v) is 8.83. The molecule has 0 saturated heterocycles. The van der Waals surface area contributed by atoms with Gasteiger partial charge in [0, 0.05) is 18.4 Å². The summed E-state index contributed by atoms with van der Waals surface area (Å²) in [6, 6.07) is 9.77. The van der Waals surface area contributed by atoms with Crippen molar-refractivity contribution >= 4 is 21.2 Å². The minimum absolute atomic E-state index is 0.0419. The minimum Gasteiger partial charge on any atom is -0.434 e. The molecular weight excluding hydrogens is 358 g/mol. The van der Waals surface area contributed by atoms with E-state index < -0.39 is 32.0 Å². The van der Waals surface area contributed by atoms with Gasteiger partial charge in [0.25, 0.3) is 0 Å². The third-order valence-corrected chi connectivity index (χ3v) is 4.37. The molecule has 0 unspecified atom stereocenters. The maximum Gasteiger partial charge on any atom is 0.387 e. The fraction of sp³-hybridized carbons (Fsp3) is 0.200. The van der Waals surface area contributed by atoms with Crippen LogP contribution in [-0.4, -0.2) is 26.2 Å². The molecule has 1 N–H and O–H groups in total. The molecule has 0 heterocycles. The summed E-state index contributed by atoms with van der Waals surface area (Å²) >= 11 is 0. The van der Waals surface area contributed by atoms with Gasteiger partial charge in [-0.05, 0) is 18.2 Å². The van der Waals surface area contributed by atoms with Crippen molar-refractivity contribution in [2.45, 2.75) is 18.1 Å². The number of para-hydroxylation sites is 2. The summed E-state index contributed by atoms with van der Waals surface area (Å²) in [6.07, 6.45) is 0.866. The lowest BCUT2D eigenvalue weighted by atomic mass is 10.2. The number of ether oxygens (including phenoxy) is 1. The molecule has 10 heteroatoms. The normalized spacial score (nSPS) is 11.4. The number of hydrogen-bond acceptors (Lipinski definition) is 6. The predicted octanol–water partition coefficient (Wildman–Crippen LogP) is 3.21. The number of nitro groups is 1. The first-order chi connectivity index (χ1) is 11.7. The van der Waals surface area contributed by atoms with Crippen LogP contribution in [0.2, 0.25) is 0 Å². The lowest BCUT2D eigenvalue weighted by Crippen LogP contribution is -2.09. The second-order valence-corrected chi connectivity index (χ2v) is 7.01. The van der Waals surface area contributed by atoms with Gasteiger partial charge in [-0.3, -0.25) is 10.1 Å². The summed E-state index contributed by atoms with van der Waals surface area (Å²) in [4.78, 5) is 10.1. The summed E-state index contributed by atoms with van der Waals surface area (Å²) in [5.74, 6) is -0.0769. The number of sulfone groups is 1. The summed E-state index contributed by atoms with van der Waals surface area (Å²) < 4.78 is 52.7. The molecule has 0 aliphatic heterocycles. The highest BCUT2D eigenvalue weighted by atomic mass is 32.2. The second-order valence-electron chi connectivity index (χ2n) is 5.02. The van der Waals surface area contributed by atoms with Gasteiger partial charge in [0.1, 0.15) is 16.3 Å². The highest BCUT2D eigenvalue weighted by molar-refractivity contribution is 7.90. The second kappa shape index (κ2) is 7.43. The van der Waals surface area contributed by atoms with E-state index in [0.29, 0.717) is 5.56 Å². The fourth-order valence-corrected chi connectivity index (χ4v) is 3.07. The molecule has 134 valence electrons. The van der Waals surface area contributed by atoms with Crippen molar-refractivity contribution in [1.82, 2.24) is 0 Å². The smallest absolute Gasteiger partial charge is 0.387 e. The maximum absolute atomic E-state index is 12.4. The largest absolute Gasteiger partial charge is 0.434 e. The number of anilines is 1. The summed E-state index contributed by atoms with van der Waals surface area (Å²) in [5, 5.41) is 14.0. The quantitative estimate of drug-likeness (QED) is 0.592. The molecule has 2 rings (SSSR count). The summed E-state index contributed by atoms with van der Waals surface area (Å²) in [5.41, 5.74) is -0.307. The predicted molar refractivity (Wildman–Crippen MR) is 86.6 cm³/mol. The molecule has 7 nitrogen and oxygen atoms in total. The van der Waals surface area contributed by atoms with Crippen molar-refractivity contribution in [3.63, 3.8) is 0 Å². The number of benzene rings is 2.